The van der Waals surface area contributed by atoms with Gasteiger partial charge in [0.2, 0.25) is 5.91 Å². The molecular formula is C13H24N2O3S. The summed E-state index contributed by atoms with van der Waals surface area (Å²) in [6.45, 7) is 11.0. The van der Waals surface area contributed by atoms with Crippen LogP contribution in [0.4, 0.5) is 0 Å². The maximum absolute atomic E-state index is 12.2. The third kappa shape index (κ3) is 3.63. The molecule has 1 fully saturated rings. The molecule has 2 atom stereocenters. The topological polar surface area (TPSA) is 69.6 Å². The molecule has 19 heavy (non-hydrogen) atoms. The van der Waals surface area contributed by atoms with Gasteiger partial charge in [0, 0.05) is 17.8 Å². The number of thioether (sulfide) groups is 1. The molecule has 110 valence electrons. The molecule has 0 radical (unpaired) electrons. The van der Waals surface area contributed by atoms with Crippen LogP contribution < -0.4 is 5.32 Å². The molecule has 1 aliphatic heterocycles. The third-order valence-electron chi connectivity index (χ3n) is 3.48. The van der Waals surface area contributed by atoms with Crippen LogP contribution in [0.25, 0.3) is 0 Å². The van der Waals surface area contributed by atoms with Crippen molar-refractivity contribution in [3.8, 4) is 0 Å². The minimum atomic E-state index is -0.864. The van der Waals surface area contributed by atoms with Crippen LogP contribution in [-0.4, -0.2) is 50.6 Å². The highest BCUT2D eigenvalue weighted by Gasteiger charge is 2.51. The Labute approximate surface area is 119 Å². The van der Waals surface area contributed by atoms with E-state index < -0.39 is 21.6 Å². The van der Waals surface area contributed by atoms with Crippen LogP contribution in [0.1, 0.15) is 41.0 Å². The lowest BCUT2D eigenvalue weighted by atomic mass is 10.0. The highest BCUT2D eigenvalue weighted by atomic mass is 32.2. The molecule has 0 bridgehead atoms. The normalized spacial score (nSPS) is 29.2. The van der Waals surface area contributed by atoms with Crippen molar-refractivity contribution in [2.24, 2.45) is 0 Å². The van der Waals surface area contributed by atoms with Gasteiger partial charge in [0.15, 0.2) is 0 Å². The molecule has 0 spiro atoms. The monoisotopic (exact) mass is 288 g/mol. The Bertz CT molecular complexity index is 369. The van der Waals surface area contributed by atoms with E-state index in [1.807, 2.05) is 34.6 Å². The van der Waals surface area contributed by atoms with Crippen LogP contribution in [0, 0.1) is 0 Å². The Morgan fingerprint density at radius 1 is 1.26 bits per heavy atom. The van der Waals surface area contributed by atoms with Crippen molar-refractivity contribution < 1.29 is 14.7 Å². The average Bonchev–Trinajstić information content (AvgIpc) is 2.50. The Kier molecular flexibility index (Phi) is 4.90. The summed E-state index contributed by atoms with van der Waals surface area (Å²) in [6, 6.07) is -0.632. The second-order valence-electron chi connectivity index (χ2n) is 5.59. The number of amides is 1. The first-order chi connectivity index (χ1) is 8.65. The van der Waals surface area contributed by atoms with Crippen molar-refractivity contribution in [1.29, 1.82) is 0 Å². The lowest BCUT2D eigenvalue weighted by Crippen LogP contribution is -2.49. The van der Waals surface area contributed by atoms with Crippen molar-refractivity contribution in [3.63, 3.8) is 0 Å². The van der Waals surface area contributed by atoms with Crippen LogP contribution in [0.2, 0.25) is 0 Å². The number of aliphatic carboxylic acids is 1. The summed E-state index contributed by atoms with van der Waals surface area (Å²) in [6.07, 6.45) is 0.312. The Balaban J connectivity index is 2.79. The lowest BCUT2D eigenvalue weighted by molar-refractivity contribution is -0.140. The maximum Gasteiger partial charge on any atom is 0.322 e. The number of hydrogen-bond donors (Lipinski definition) is 2. The number of carbonyl (C=O) groups excluding carboxylic acids is 1. The quantitative estimate of drug-likeness (QED) is 0.803. The SMILES string of the molecule is CCN(CC)C(=O)CC1(C)NC(C(=O)O)C(C)(C)S1. The van der Waals surface area contributed by atoms with E-state index in [-0.39, 0.29) is 5.91 Å². The van der Waals surface area contributed by atoms with Gasteiger partial charge >= 0.3 is 5.97 Å². The Morgan fingerprint density at radius 3 is 2.16 bits per heavy atom. The van der Waals surface area contributed by atoms with Crippen molar-refractivity contribution in [2.45, 2.75) is 56.7 Å². The largest absolute Gasteiger partial charge is 0.480 e. The Morgan fingerprint density at radius 2 is 1.79 bits per heavy atom. The molecule has 1 saturated heterocycles. The molecule has 1 amide bonds. The predicted octanol–water partition coefficient (Wildman–Crippen LogP) is 1.53. The number of nitrogens with zero attached hydrogens (tertiary/aromatic N) is 1. The van der Waals surface area contributed by atoms with Gasteiger partial charge in [-0.2, -0.15) is 0 Å². The molecule has 1 rings (SSSR count). The molecule has 0 aromatic heterocycles. The third-order valence-corrected chi connectivity index (χ3v) is 4.96. The summed E-state index contributed by atoms with van der Waals surface area (Å²) >= 11 is 1.53. The summed E-state index contributed by atoms with van der Waals surface area (Å²) in [4.78, 5) is 24.7. The molecule has 0 aromatic carbocycles. The number of carboxylic acid groups (broad SMARTS) is 1. The molecular weight excluding hydrogens is 264 g/mol. The molecule has 0 aromatic rings. The molecule has 0 aliphatic carbocycles. The van der Waals surface area contributed by atoms with Gasteiger partial charge in [-0.25, -0.2) is 0 Å². The molecule has 5 nitrogen and oxygen atoms in total. The van der Waals surface area contributed by atoms with Crippen LogP contribution in [0.3, 0.4) is 0 Å². The number of rotatable bonds is 5. The Hall–Kier alpha value is -0.750. The van der Waals surface area contributed by atoms with E-state index in [1.54, 1.807) is 4.90 Å². The van der Waals surface area contributed by atoms with Crippen molar-refractivity contribution in [2.75, 3.05) is 13.1 Å². The number of carboxylic acids is 1. The van der Waals surface area contributed by atoms with Gasteiger partial charge in [-0.05, 0) is 34.6 Å². The van der Waals surface area contributed by atoms with E-state index in [4.69, 9.17) is 0 Å². The van der Waals surface area contributed by atoms with Gasteiger partial charge in [0.1, 0.15) is 6.04 Å². The van der Waals surface area contributed by atoms with Crippen LogP contribution in [-0.2, 0) is 9.59 Å². The zero-order valence-electron chi connectivity index (χ0n) is 12.3. The van der Waals surface area contributed by atoms with Crippen LogP contribution >= 0.6 is 11.8 Å². The van der Waals surface area contributed by atoms with Gasteiger partial charge in [-0.1, -0.05) is 0 Å². The molecule has 2 N–H and O–H groups in total. The first kappa shape index (κ1) is 16.3. The highest BCUT2D eigenvalue weighted by molar-refractivity contribution is 8.02. The number of carbonyl (C=O) groups is 2. The fourth-order valence-electron chi connectivity index (χ4n) is 2.57. The maximum atomic E-state index is 12.2. The van der Waals surface area contributed by atoms with E-state index in [2.05, 4.69) is 5.32 Å². The van der Waals surface area contributed by atoms with Crippen LogP contribution in [0.5, 0.6) is 0 Å². The minimum Gasteiger partial charge on any atom is -0.480 e. The van der Waals surface area contributed by atoms with E-state index in [1.165, 1.54) is 11.8 Å². The zero-order chi connectivity index (χ0) is 14.8. The summed E-state index contributed by atoms with van der Waals surface area (Å²) < 4.78 is -0.426. The minimum absolute atomic E-state index is 0.0642. The van der Waals surface area contributed by atoms with Crippen molar-refractivity contribution >= 4 is 23.6 Å². The molecule has 6 heteroatoms. The van der Waals surface area contributed by atoms with E-state index in [0.29, 0.717) is 19.5 Å². The number of hydrogen-bond acceptors (Lipinski definition) is 4. The van der Waals surface area contributed by atoms with Crippen LogP contribution in [0.15, 0.2) is 0 Å². The van der Waals surface area contributed by atoms with Crippen molar-refractivity contribution in [3.05, 3.63) is 0 Å². The number of nitrogens with one attached hydrogen (secondary N) is 1. The first-order valence-corrected chi connectivity index (χ1v) is 7.45. The molecule has 1 aliphatic rings. The standard InChI is InChI=1S/C13H24N2O3S/c1-6-15(7-2)9(16)8-13(5)14-10(11(17)18)12(3,4)19-13/h10,14H,6-8H2,1-5H3,(H,17,18). The summed E-state index contributed by atoms with van der Waals surface area (Å²) in [5, 5.41) is 12.4. The fraction of sp³-hybridized carbons (Fsp3) is 0.846. The lowest BCUT2D eigenvalue weighted by Gasteiger charge is -2.28. The molecule has 2 unspecified atom stereocenters. The second-order valence-corrected chi connectivity index (χ2v) is 7.75. The summed E-state index contributed by atoms with van der Waals surface area (Å²) in [5.41, 5.74) is 0. The van der Waals surface area contributed by atoms with Gasteiger partial charge in [-0.15, -0.1) is 11.8 Å². The van der Waals surface area contributed by atoms with Crippen molar-refractivity contribution in [1.82, 2.24) is 10.2 Å². The average molecular weight is 288 g/mol. The van der Waals surface area contributed by atoms with Gasteiger partial charge in [0.25, 0.3) is 0 Å². The van der Waals surface area contributed by atoms with E-state index in [9.17, 15) is 14.7 Å². The van der Waals surface area contributed by atoms with Gasteiger partial charge in [0.05, 0.1) is 11.3 Å². The smallest absolute Gasteiger partial charge is 0.322 e. The second kappa shape index (κ2) is 5.71. The van der Waals surface area contributed by atoms with E-state index >= 15 is 0 Å². The molecule has 1 heterocycles. The summed E-state index contributed by atoms with van der Waals surface area (Å²) in [5.74, 6) is -0.800. The van der Waals surface area contributed by atoms with Gasteiger partial charge < -0.3 is 10.0 Å². The zero-order valence-corrected chi connectivity index (χ0v) is 13.1. The summed E-state index contributed by atoms with van der Waals surface area (Å²) in [7, 11) is 0. The first-order valence-electron chi connectivity index (χ1n) is 6.63. The van der Waals surface area contributed by atoms with Gasteiger partial charge in [-0.3, -0.25) is 14.9 Å². The van der Waals surface area contributed by atoms with E-state index in [0.717, 1.165) is 0 Å². The fourth-order valence-corrected chi connectivity index (χ4v) is 4.38. The highest BCUT2D eigenvalue weighted by Crippen LogP contribution is 2.46. The molecule has 0 saturated carbocycles. The predicted molar refractivity (Wildman–Crippen MR) is 77.2 cm³/mol.